The van der Waals surface area contributed by atoms with E-state index in [9.17, 15) is 14.7 Å². The van der Waals surface area contributed by atoms with Gasteiger partial charge in [0.25, 0.3) is 5.91 Å². The topological polar surface area (TPSA) is 79.7 Å². The van der Waals surface area contributed by atoms with E-state index in [0.717, 1.165) is 16.3 Å². The first kappa shape index (κ1) is 15.5. The van der Waals surface area contributed by atoms with Crippen LogP contribution < -0.4 is 4.74 Å². The Morgan fingerprint density at radius 1 is 1.35 bits per heavy atom. The molecule has 1 N–H and O–H groups in total. The maximum atomic E-state index is 12.5. The molecule has 1 aromatic carbocycles. The fraction of sp³-hybridized carbons (Fsp3) is 0.312. The van der Waals surface area contributed by atoms with Gasteiger partial charge in [-0.15, -0.1) is 11.3 Å². The zero-order chi connectivity index (χ0) is 16.4. The summed E-state index contributed by atoms with van der Waals surface area (Å²) in [5.41, 5.74) is 0.894. The Hall–Kier alpha value is -2.41. The van der Waals surface area contributed by atoms with Crippen LogP contribution in [0.15, 0.2) is 30.5 Å². The minimum Gasteiger partial charge on any atom is -0.497 e. The third-order valence-corrected chi connectivity index (χ3v) is 4.89. The highest BCUT2D eigenvalue weighted by atomic mass is 32.1. The van der Waals surface area contributed by atoms with Crippen molar-refractivity contribution in [3.05, 3.63) is 35.3 Å². The number of carboxylic acids is 1. The molecule has 0 bridgehead atoms. The van der Waals surface area contributed by atoms with Gasteiger partial charge in [0.05, 0.1) is 13.3 Å². The van der Waals surface area contributed by atoms with Crippen molar-refractivity contribution in [3.8, 4) is 16.3 Å². The summed E-state index contributed by atoms with van der Waals surface area (Å²) in [7, 11) is 1.60. The molecule has 1 unspecified atom stereocenters. The highest BCUT2D eigenvalue weighted by molar-refractivity contribution is 7.16. The number of amides is 1. The first-order valence-corrected chi connectivity index (χ1v) is 8.06. The fourth-order valence-corrected chi connectivity index (χ4v) is 3.53. The van der Waals surface area contributed by atoms with Gasteiger partial charge in [-0.05, 0) is 37.1 Å². The number of benzene rings is 1. The number of aromatic nitrogens is 1. The fourth-order valence-electron chi connectivity index (χ4n) is 2.65. The van der Waals surface area contributed by atoms with Crippen LogP contribution in [-0.2, 0) is 4.79 Å². The summed E-state index contributed by atoms with van der Waals surface area (Å²) < 4.78 is 5.12. The van der Waals surface area contributed by atoms with Gasteiger partial charge < -0.3 is 14.7 Å². The molecule has 0 aliphatic carbocycles. The second kappa shape index (κ2) is 6.37. The summed E-state index contributed by atoms with van der Waals surface area (Å²) in [6.45, 7) is 0.478. The number of carboxylic acid groups (broad SMARTS) is 1. The standard InChI is InChI=1S/C16H16N2O4S/c1-22-11-6-4-10(5-7-11)14-17-9-13(23-14)15(19)18-8-2-3-12(18)16(20)21/h4-7,9,12H,2-3,8H2,1H3,(H,20,21). The molecule has 1 atom stereocenters. The van der Waals surface area contributed by atoms with Crippen molar-refractivity contribution < 1.29 is 19.4 Å². The molecule has 0 saturated carbocycles. The molecule has 1 amide bonds. The molecule has 1 fully saturated rings. The summed E-state index contributed by atoms with van der Waals surface area (Å²) >= 11 is 1.27. The molecule has 2 aromatic rings. The van der Waals surface area contributed by atoms with Gasteiger partial charge in [-0.25, -0.2) is 9.78 Å². The van der Waals surface area contributed by atoms with E-state index in [1.807, 2.05) is 24.3 Å². The first-order valence-electron chi connectivity index (χ1n) is 7.24. The lowest BCUT2D eigenvalue weighted by atomic mass is 10.2. The van der Waals surface area contributed by atoms with Crippen molar-refractivity contribution in [2.45, 2.75) is 18.9 Å². The highest BCUT2D eigenvalue weighted by Gasteiger charge is 2.35. The monoisotopic (exact) mass is 332 g/mol. The number of hydrogen-bond acceptors (Lipinski definition) is 5. The van der Waals surface area contributed by atoms with Gasteiger partial charge in [0.15, 0.2) is 0 Å². The quantitative estimate of drug-likeness (QED) is 0.930. The number of methoxy groups -OCH3 is 1. The van der Waals surface area contributed by atoms with Crippen LogP contribution in [0.25, 0.3) is 10.6 Å². The predicted molar refractivity (Wildman–Crippen MR) is 85.8 cm³/mol. The van der Waals surface area contributed by atoms with Gasteiger partial charge in [0.1, 0.15) is 21.7 Å². The second-order valence-electron chi connectivity index (χ2n) is 5.25. The van der Waals surface area contributed by atoms with Crippen molar-refractivity contribution >= 4 is 23.2 Å². The molecule has 23 heavy (non-hydrogen) atoms. The van der Waals surface area contributed by atoms with Crippen molar-refractivity contribution in [1.29, 1.82) is 0 Å². The molecule has 1 aliphatic rings. The lowest BCUT2D eigenvalue weighted by Crippen LogP contribution is -2.40. The molecule has 120 valence electrons. The van der Waals surface area contributed by atoms with Crippen LogP contribution in [0.3, 0.4) is 0 Å². The van der Waals surface area contributed by atoms with Gasteiger partial charge in [-0.3, -0.25) is 4.79 Å². The Morgan fingerprint density at radius 2 is 2.09 bits per heavy atom. The van der Waals surface area contributed by atoms with E-state index in [1.54, 1.807) is 7.11 Å². The van der Waals surface area contributed by atoms with Crippen molar-refractivity contribution in [1.82, 2.24) is 9.88 Å². The molecule has 3 rings (SSSR count). The third-order valence-electron chi connectivity index (χ3n) is 3.85. The maximum absolute atomic E-state index is 12.5. The number of ether oxygens (including phenoxy) is 1. The van der Waals surface area contributed by atoms with Crippen LogP contribution in [0.2, 0.25) is 0 Å². The molecule has 6 nitrogen and oxygen atoms in total. The van der Waals surface area contributed by atoms with E-state index in [4.69, 9.17) is 4.74 Å². The zero-order valence-electron chi connectivity index (χ0n) is 12.6. The number of nitrogens with zero attached hydrogens (tertiary/aromatic N) is 2. The van der Waals surface area contributed by atoms with Crippen LogP contribution in [0.4, 0.5) is 0 Å². The Kier molecular flexibility index (Phi) is 4.29. The third kappa shape index (κ3) is 3.05. The van der Waals surface area contributed by atoms with Gasteiger partial charge in [-0.2, -0.15) is 0 Å². The average Bonchev–Trinajstić information content (AvgIpc) is 3.23. The second-order valence-corrected chi connectivity index (χ2v) is 6.28. The molecular weight excluding hydrogens is 316 g/mol. The minimum atomic E-state index is -0.948. The van der Waals surface area contributed by atoms with Crippen LogP contribution in [0.5, 0.6) is 5.75 Å². The number of carbonyl (C=O) groups excluding carboxylic acids is 1. The molecular formula is C16H16N2O4S. The normalized spacial score (nSPS) is 17.3. The number of carbonyl (C=O) groups is 2. The summed E-state index contributed by atoms with van der Waals surface area (Å²) in [5, 5.41) is 9.92. The maximum Gasteiger partial charge on any atom is 0.326 e. The minimum absolute atomic E-state index is 0.257. The first-order chi connectivity index (χ1) is 11.1. The molecule has 7 heteroatoms. The van der Waals surface area contributed by atoms with Crippen molar-refractivity contribution in [2.75, 3.05) is 13.7 Å². The average molecular weight is 332 g/mol. The van der Waals surface area contributed by atoms with E-state index >= 15 is 0 Å². The summed E-state index contributed by atoms with van der Waals surface area (Å²) in [4.78, 5) is 29.9. The Bertz CT molecular complexity index is 726. The van der Waals surface area contributed by atoms with Crippen LogP contribution in [-0.4, -0.2) is 46.6 Å². The molecule has 2 heterocycles. The van der Waals surface area contributed by atoms with Crippen LogP contribution in [0.1, 0.15) is 22.5 Å². The zero-order valence-corrected chi connectivity index (χ0v) is 13.4. The SMILES string of the molecule is COc1ccc(-c2ncc(C(=O)N3CCCC3C(=O)O)s2)cc1. The van der Waals surface area contributed by atoms with Gasteiger partial charge in [0.2, 0.25) is 0 Å². The predicted octanol–water partition coefficient (Wildman–Crippen LogP) is 2.51. The van der Waals surface area contributed by atoms with Crippen LogP contribution >= 0.6 is 11.3 Å². The van der Waals surface area contributed by atoms with Gasteiger partial charge in [-0.1, -0.05) is 0 Å². The van der Waals surface area contributed by atoms with Crippen LogP contribution in [0, 0.1) is 0 Å². The highest BCUT2D eigenvalue weighted by Crippen LogP contribution is 2.29. The number of hydrogen-bond donors (Lipinski definition) is 1. The van der Waals surface area contributed by atoms with E-state index in [2.05, 4.69) is 4.98 Å². The number of thiazole rings is 1. The summed E-state index contributed by atoms with van der Waals surface area (Å²) in [6.07, 6.45) is 2.74. The number of rotatable bonds is 4. The Morgan fingerprint density at radius 3 is 2.74 bits per heavy atom. The molecule has 0 radical (unpaired) electrons. The molecule has 1 saturated heterocycles. The van der Waals surface area contributed by atoms with Crippen molar-refractivity contribution in [3.63, 3.8) is 0 Å². The Balaban J connectivity index is 1.80. The Labute approximate surface area is 137 Å². The van der Waals surface area contributed by atoms with E-state index in [1.165, 1.54) is 22.4 Å². The van der Waals surface area contributed by atoms with E-state index in [0.29, 0.717) is 24.3 Å². The number of likely N-dealkylation sites (tertiary alicyclic amines) is 1. The largest absolute Gasteiger partial charge is 0.497 e. The van der Waals surface area contributed by atoms with Crippen molar-refractivity contribution in [2.24, 2.45) is 0 Å². The van der Waals surface area contributed by atoms with Gasteiger partial charge >= 0.3 is 5.97 Å². The molecule has 0 spiro atoms. The van der Waals surface area contributed by atoms with E-state index in [-0.39, 0.29) is 5.91 Å². The lowest BCUT2D eigenvalue weighted by molar-refractivity contribution is -0.141. The summed E-state index contributed by atoms with van der Waals surface area (Å²) in [5.74, 6) is -0.453. The molecule has 1 aliphatic heterocycles. The smallest absolute Gasteiger partial charge is 0.326 e. The van der Waals surface area contributed by atoms with Gasteiger partial charge in [0, 0.05) is 12.1 Å². The number of aliphatic carboxylic acids is 1. The molecule has 1 aromatic heterocycles. The summed E-state index contributed by atoms with van der Waals surface area (Å²) in [6, 6.07) is 6.69. The lowest BCUT2D eigenvalue weighted by Gasteiger charge is -2.20. The van der Waals surface area contributed by atoms with E-state index < -0.39 is 12.0 Å².